The third-order valence-corrected chi connectivity index (χ3v) is 5.91. The molecule has 0 aliphatic carbocycles. The Morgan fingerprint density at radius 2 is 1.94 bits per heavy atom. The number of carboxylic acids is 1. The molecule has 2 N–H and O–H groups in total. The third-order valence-electron chi connectivity index (χ3n) is 5.91. The van der Waals surface area contributed by atoms with E-state index in [-0.39, 0.29) is 18.9 Å². The number of carbonyl (C=O) groups excluding carboxylic acids is 1. The van der Waals surface area contributed by atoms with E-state index in [0.717, 1.165) is 22.9 Å². The Bertz CT molecular complexity index is 1160. The minimum atomic E-state index is -0.855. The first-order valence-corrected chi connectivity index (χ1v) is 11.9. The third kappa shape index (κ3) is 6.73. The number of carbonyl (C=O) groups is 2. The molecule has 6 heteroatoms. The Labute approximate surface area is 201 Å². The second kappa shape index (κ2) is 12.1. The molecule has 1 amide bonds. The summed E-state index contributed by atoms with van der Waals surface area (Å²) in [6, 6.07) is 16.0. The molecule has 0 spiro atoms. The van der Waals surface area contributed by atoms with Crippen molar-refractivity contribution in [1.29, 1.82) is 0 Å². The molecule has 6 nitrogen and oxygen atoms in total. The van der Waals surface area contributed by atoms with Gasteiger partial charge in [-0.05, 0) is 68.2 Å². The van der Waals surface area contributed by atoms with Crippen LogP contribution in [0.2, 0.25) is 0 Å². The lowest BCUT2D eigenvalue weighted by molar-refractivity contribution is -0.137. The van der Waals surface area contributed by atoms with E-state index in [1.807, 2.05) is 19.1 Å². The van der Waals surface area contributed by atoms with Gasteiger partial charge in [-0.1, -0.05) is 38.0 Å². The maximum Gasteiger partial charge on any atom is 0.303 e. The van der Waals surface area contributed by atoms with E-state index in [4.69, 9.17) is 9.84 Å². The van der Waals surface area contributed by atoms with Crippen LogP contribution in [0.3, 0.4) is 0 Å². The standard InChI is InChI=1S/C28H34N2O4/c1-4-5-9-21(3)30-16-15-23-19-22(13-14-25(23)30)20(2)18-27(31)29-24-10-6-7-11-26(24)34-17-8-12-28(32)33/h6-7,10-11,13-16,18-19,21H,4-5,8-9,12,17H2,1-3H3,(H,29,31)(H,32,33). The number of hydrogen-bond acceptors (Lipinski definition) is 3. The predicted molar refractivity (Wildman–Crippen MR) is 137 cm³/mol. The molecule has 3 aromatic rings. The quantitative estimate of drug-likeness (QED) is 0.232. The number of hydrogen-bond donors (Lipinski definition) is 2. The van der Waals surface area contributed by atoms with Crippen LogP contribution < -0.4 is 10.1 Å². The van der Waals surface area contributed by atoms with Crippen LogP contribution in [0.4, 0.5) is 5.69 Å². The van der Waals surface area contributed by atoms with Crippen LogP contribution in [0, 0.1) is 0 Å². The summed E-state index contributed by atoms with van der Waals surface area (Å²) >= 11 is 0. The monoisotopic (exact) mass is 462 g/mol. The molecular weight excluding hydrogens is 428 g/mol. The summed E-state index contributed by atoms with van der Waals surface area (Å²) in [6.07, 6.45) is 7.75. The fraction of sp³-hybridized carbons (Fsp3) is 0.357. The molecule has 3 rings (SSSR count). The van der Waals surface area contributed by atoms with Crippen molar-refractivity contribution >= 4 is 34.0 Å². The summed E-state index contributed by atoms with van der Waals surface area (Å²) in [7, 11) is 0. The number of unbranched alkanes of at least 4 members (excludes halogenated alkanes) is 1. The summed E-state index contributed by atoms with van der Waals surface area (Å²) in [5, 5.41) is 12.8. The zero-order valence-corrected chi connectivity index (χ0v) is 20.2. The molecule has 180 valence electrons. The van der Waals surface area contributed by atoms with Crippen molar-refractivity contribution in [3.8, 4) is 5.75 Å². The smallest absolute Gasteiger partial charge is 0.303 e. The highest BCUT2D eigenvalue weighted by atomic mass is 16.5. The van der Waals surface area contributed by atoms with Crippen molar-refractivity contribution in [2.45, 2.75) is 58.9 Å². The van der Waals surface area contributed by atoms with E-state index < -0.39 is 5.97 Å². The van der Waals surface area contributed by atoms with Gasteiger partial charge in [0, 0.05) is 35.6 Å². The number of aromatic nitrogens is 1. The van der Waals surface area contributed by atoms with Crippen LogP contribution in [0.15, 0.2) is 60.8 Å². The van der Waals surface area contributed by atoms with Gasteiger partial charge in [-0.2, -0.15) is 0 Å². The summed E-state index contributed by atoms with van der Waals surface area (Å²) in [5.41, 5.74) is 3.63. The number of rotatable bonds is 12. The first-order chi connectivity index (χ1) is 16.4. The first-order valence-electron chi connectivity index (χ1n) is 11.9. The first kappa shape index (κ1) is 25.1. The van der Waals surface area contributed by atoms with Gasteiger partial charge in [0.1, 0.15) is 5.75 Å². The molecule has 0 bridgehead atoms. The number of anilines is 1. The van der Waals surface area contributed by atoms with Crippen molar-refractivity contribution in [2.75, 3.05) is 11.9 Å². The van der Waals surface area contributed by atoms with Crippen LogP contribution in [0.25, 0.3) is 16.5 Å². The number of allylic oxidation sites excluding steroid dienone is 1. The fourth-order valence-electron chi connectivity index (χ4n) is 3.98. The number of carboxylic acid groups (broad SMARTS) is 1. The molecule has 0 aliphatic rings. The Hall–Kier alpha value is -3.54. The summed E-state index contributed by atoms with van der Waals surface area (Å²) < 4.78 is 8.00. The Kier molecular flexibility index (Phi) is 8.91. The number of aliphatic carboxylic acids is 1. The Morgan fingerprint density at radius 1 is 1.15 bits per heavy atom. The maximum atomic E-state index is 12.7. The van der Waals surface area contributed by atoms with Crippen LogP contribution in [-0.2, 0) is 9.59 Å². The van der Waals surface area contributed by atoms with Gasteiger partial charge in [0.05, 0.1) is 12.3 Å². The van der Waals surface area contributed by atoms with Crippen LogP contribution in [0.1, 0.15) is 64.5 Å². The average Bonchev–Trinajstić information content (AvgIpc) is 3.24. The summed E-state index contributed by atoms with van der Waals surface area (Å²) in [5.74, 6) is -0.580. The number of nitrogens with zero attached hydrogens (tertiary/aromatic N) is 1. The van der Waals surface area contributed by atoms with Crippen LogP contribution >= 0.6 is 0 Å². The van der Waals surface area contributed by atoms with Gasteiger partial charge in [0.15, 0.2) is 0 Å². The van der Waals surface area contributed by atoms with Crippen molar-refractivity contribution in [2.24, 2.45) is 0 Å². The average molecular weight is 463 g/mol. The Balaban J connectivity index is 1.68. The molecule has 2 aromatic carbocycles. The lowest BCUT2D eigenvalue weighted by Crippen LogP contribution is -2.11. The van der Waals surface area contributed by atoms with Gasteiger partial charge in [-0.25, -0.2) is 0 Å². The largest absolute Gasteiger partial charge is 0.491 e. The predicted octanol–water partition coefficient (Wildman–Crippen LogP) is 6.68. The number of amides is 1. The maximum absolute atomic E-state index is 12.7. The summed E-state index contributed by atoms with van der Waals surface area (Å²) in [6.45, 7) is 6.67. The molecule has 0 radical (unpaired) electrons. The van der Waals surface area contributed by atoms with E-state index in [0.29, 0.717) is 23.9 Å². The zero-order valence-electron chi connectivity index (χ0n) is 20.2. The zero-order chi connectivity index (χ0) is 24.5. The molecule has 1 aromatic heterocycles. The number of fused-ring (bicyclic) bond motifs is 1. The van der Waals surface area contributed by atoms with Crippen molar-refractivity contribution in [3.05, 3.63) is 66.4 Å². The lowest BCUT2D eigenvalue weighted by atomic mass is 10.0. The molecular formula is C28H34N2O4. The normalized spacial score (nSPS) is 12.5. The van der Waals surface area contributed by atoms with Gasteiger partial charge >= 0.3 is 5.97 Å². The molecule has 1 heterocycles. The molecule has 0 saturated carbocycles. The number of ether oxygens (including phenoxy) is 1. The second-order valence-electron chi connectivity index (χ2n) is 8.65. The van der Waals surface area contributed by atoms with E-state index in [1.54, 1.807) is 18.2 Å². The fourth-order valence-corrected chi connectivity index (χ4v) is 3.98. The molecule has 1 atom stereocenters. The highest BCUT2D eigenvalue weighted by Gasteiger charge is 2.11. The molecule has 34 heavy (non-hydrogen) atoms. The number of para-hydroxylation sites is 2. The molecule has 0 saturated heterocycles. The van der Waals surface area contributed by atoms with Crippen molar-refractivity contribution in [1.82, 2.24) is 4.57 Å². The van der Waals surface area contributed by atoms with Crippen LogP contribution in [0.5, 0.6) is 5.75 Å². The van der Waals surface area contributed by atoms with Gasteiger partial charge in [-0.3, -0.25) is 9.59 Å². The van der Waals surface area contributed by atoms with Crippen molar-refractivity contribution in [3.63, 3.8) is 0 Å². The molecule has 0 aliphatic heterocycles. The number of benzene rings is 2. The number of nitrogens with one attached hydrogen (secondary N) is 1. The van der Waals surface area contributed by atoms with Gasteiger partial charge in [0.2, 0.25) is 5.91 Å². The second-order valence-corrected chi connectivity index (χ2v) is 8.65. The summed E-state index contributed by atoms with van der Waals surface area (Å²) in [4.78, 5) is 23.4. The topological polar surface area (TPSA) is 80.6 Å². The minimum absolute atomic E-state index is 0.0435. The minimum Gasteiger partial charge on any atom is -0.491 e. The van der Waals surface area contributed by atoms with E-state index in [2.05, 4.69) is 54.2 Å². The highest BCUT2D eigenvalue weighted by molar-refractivity contribution is 6.04. The van der Waals surface area contributed by atoms with E-state index in [1.165, 1.54) is 18.4 Å². The lowest BCUT2D eigenvalue weighted by Gasteiger charge is -2.15. The molecule has 1 unspecified atom stereocenters. The van der Waals surface area contributed by atoms with Gasteiger partial charge in [0.25, 0.3) is 0 Å². The van der Waals surface area contributed by atoms with Crippen LogP contribution in [-0.4, -0.2) is 28.2 Å². The van der Waals surface area contributed by atoms with Crippen molar-refractivity contribution < 1.29 is 19.4 Å². The van der Waals surface area contributed by atoms with E-state index in [9.17, 15) is 9.59 Å². The highest BCUT2D eigenvalue weighted by Crippen LogP contribution is 2.27. The van der Waals surface area contributed by atoms with Gasteiger partial charge in [-0.15, -0.1) is 0 Å². The Morgan fingerprint density at radius 3 is 2.71 bits per heavy atom. The van der Waals surface area contributed by atoms with E-state index >= 15 is 0 Å². The molecule has 0 fully saturated rings. The van der Waals surface area contributed by atoms with Gasteiger partial charge < -0.3 is 19.7 Å². The SMILES string of the molecule is CCCCC(C)n1ccc2cc(C(C)=CC(=O)Nc3ccccc3OCCCC(=O)O)ccc21.